The third-order valence-electron chi connectivity index (χ3n) is 4.35. The van der Waals surface area contributed by atoms with Crippen molar-refractivity contribution in [2.75, 3.05) is 18.5 Å². The lowest BCUT2D eigenvalue weighted by molar-refractivity contribution is 0.171. The summed E-state index contributed by atoms with van der Waals surface area (Å²) in [7, 11) is 0. The maximum absolute atomic E-state index is 5.69. The Hall–Kier alpha value is -3.12. The van der Waals surface area contributed by atoms with E-state index in [-0.39, 0.29) is 0 Å². The van der Waals surface area contributed by atoms with Crippen molar-refractivity contribution in [3.63, 3.8) is 0 Å². The molecule has 6 heteroatoms. The molecule has 0 bridgehead atoms. The lowest BCUT2D eigenvalue weighted by Crippen LogP contribution is -2.15. The lowest BCUT2D eigenvalue weighted by Gasteiger charge is -2.19. The highest BCUT2D eigenvalue weighted by atomic mass is 32.1. The molecule has 0 saturated heterocycles. The van der Waals surface area contributed by atoms with E-state index in [0.717, 1.165) is 38.8 Å². The number of ether oxygens (including phenoxy) is 2. The molecule has 0 unspecified atom stereocenters. The Morgan fingerprint density at radius 3 is 2.59 bits per heavy atom. The van der Waals surface area contributed by atoms with E-state index in [2.05, 4.69) is 18.3 Å². The Morgan fingerprint density at radius 2 is 1.74 bits per heavy atom. The summed E-state index contributed by atoms with van der Waals surface area (Å²) in [6.07, 6.45) is 0. The fourth-order valence-electron chi connectivity index (χ4n) is 3.11. The first kappa shape index (κ1) is 16.1. The summed E-state index contributed by atoms with van der Waals surface area (Å²) in [4.78, 5) is 11.7. The third kappa shape index (κ3) is 3.08. The maximum atomic E-state index is 5.69. The van der Waals surface area contributed by atoms with Crippen LogP contribution in [0, 0.1) is 6.92 Å². The van der Waals surface area contributed by atoms with Crippen LogP contribution in [-0.2, 0) is 0 Å². The van der Waals surface area contributed by atoms with Gasteiger partial charge >= 0.3 is 0 Å². The molecule has 0 radical (unpaired) electrons. The molecule has 27 heavy (non-hydrogen) atoms. The summed E-state index contributed by atoms with van der Waals surface area (Å²) < 4.78 is 11.3. The van der Waals surface area contributed by atoms with Crippen molar-refractivity contribution in [1.29, 1.82) is 0 Å². The van der Waals surface area contributed by atoms with Crippen LogP contribution in [0.3, 0.4) is 0 Å². The molecule has 0 saturated carbocycles. The molecular formula is C21H17N3O2S. The van der Waals surface area contributed by atoms with Crippen LogP contribution in [0.5, 0.6) is 11.5 Å². The van der Waals surface area contributed by atoms with Crippen LogP contribution in [0.15, 0.2) is 54.6 Å². The Balaban J connectivity index is 1.59. The predicted molar refractivity (Wildman–Crippen MR) is 108 cm³/mol. The first-order chi connectivity index (χ1) is 13.3. The molecule has 134 valence electrons. The van der Waals surface area contributed by atoms with E-state index in [1.165, 1.54) is 4.88 Å². The Morgan fingerprint density at radius 1 is 0.926 bits per heavy atom. The predicted octanol–water partition coefficient (Wildman–Crippen LogP) is 5.18. The zero-order valence-corrected chi connectivity index (χ0v) is 15.5. The first-order valence-corrected chi connectivity index (χ1v) is 9.58. The van der Waals surface area contributed by atoms with Crippen molar-refractivity contribution in [3.8, 4) is 22.9 Å². The number of benzene rings is 2. The maximum Gasteiger partial charge on any atom is 0.163 e. The van der Waals surface area contributed by atoms with Crippen LogP contribution in [0.4, 0.5) is 11.5 Å². The molecule has 0 fully saturated rings. The van der Waals surface area contributed by atoms with Gasteiger partial charge in [-0.1, -0.05) is 30.3 Å². The number of thiophene rings is 1. The smallest absolute Gasteiger partial charge is 0.163 e. The largest absolute Gasteiger partial charge is 0.486 e. The Labute approximate surface area is 160 Å². The van der Waals surface area contributed by atoms with E-state index < -0.39 is 0 Å². The number of rotatable bonds is 3. The van der Waals surface area contributed by atoms with Gasteiger partial charge in [-0.25, -0.2) is 9.97 Å². The van der Waals surface area contributed by atoms with Crippen LogP contribution < -0.4 is 14.8 Å². The summed E-state index contributed by atoms with van der Waals surface area (Å²) >= 11 is 1.67. The number of aromatic nitrogens is 2. The standard InChI is InChI=1S/C21H17N3O2S/c1-13-11-16-20(22-15-7-8-17-18(12-15)26-10-9-25-17)23-19(24-21(16)27-13)14-5-3-2-4-6-14/h2-8,11-12H,9-10H2,1H3,(H,22,23,24). The molecule has 5 nitrogen and oxygen atoms in total. The number of hydrogen-bond donors (Lipinski definition) is 1. The monoisotopic (exact) mass is 375 g/mol. The molecule has 0 spiro atoms. The summed E-state index contributed by atoms with van der Waals surface area (Å²) in [5.41, 5.74) is 1.90. The van der Waals surface area contributed by atoms with Crippen molar-refractivity contribution < 1.29 is 9.47 Å². The Kier molecular flexibility index (Phi) is 3.90. The highest BCUT2D eigenvalue weighted by molar-refractivity contribution is 7.18. The molecular weight excluding hydrogens is 358 g/mol. The van der Waals surface area contributed by atoms with Crippen molar-refractivity contribution in [3.05, 3.63) is 59.5 Å². The average molecular weight is 375 g/mol. The van der Waals surface area contributed by atoms with Gasteiger partial charge in [0.05, 0.1) is 5.39 Å². The van der Waals surface area contributed by atoms with Crippen molar-refractivity contribution in [2.24, 2.45) is 0 Å². The molecule has 1 aliphatic rings. The summed E-state index contributed by atoms with van der Waals surface area (Å²) in [6.45, 7) is 3.24. The molecule has 2 aromatic carbocycles. The van der Waals surface area contributed by atoms with Crippen molar-refractivity contribution in [1.82, 2.24) is 9.97 Å². The highest BCUT2D eigenvalue weighted by Gasteiger charge is 2.15. The number of anilines is 2. The minimum Gasteiger partial charge on any atom is -0.486 e. The summed E-state index contributed by atoms with van der Waals surface area (Å²) in [5.74, 6) is 3.03. The average Bonchev–Trinajstić information content (AvgIpc) is 3.09. The fourth-order valence-corrected chi connectivity index (χ4v) is 3.99. The number of nitrogens with one attached hydrogen (secondary N) is 1. The Bertz CT molecular complexity index is 1130. The van der Waals surface area contributed by atoms with Gasteiger partial charge in [0.25, 0.3) is 0 Å². The molecule has 1 N–H and O–H groups in total. The van der Waals surface area contributed by atoms with Crippen LogP contribution in [-0.4, -0.2) is 23.2 Å². The van der Waals surface area contributed by atoms with Gasteiger partial charge in [-0.15, -0.1) is 11.3 Å². The van der Waals surface area contributed by atoms with Gasteiger partial charge in [-0.05, 0) is 25.1 Å². The van der Waals surface area contributed by atoms with E-state index in [1.807, 2.05) is 48.5 Å². The zero-order chi connectivity index (χ0) is 18.2. The molecule has 1 aliphatic heterocycles. The van der Waals surface area contributed by atoms with Crippen LogP contribution in [0.25, 0.3) is 21.6 Å². The van der Waals surface area contributed by atoms with Crippen LogP contribution in [0.1, 0.15) is 4.88 Å². The second-order valence-electron chi connectivity index (χ2n) is 6.32. The second-order valence-corrected chi connectivity index (χ2v) is 7.56. The lowest BCUT2D eigenvalue weighted by atomic mass is 10.2. The van der Waals surface area contributed by atoms with E-state index in [4.69, 9.17) is 19.4 Å². The van der Waals surface area contributed by atoms with Crippen molar-refractivity contribution >= 4 is 33.1 Å². The summed E-state index contributed by atoms with van der Waals surface area (Å²) in [6, 6.07) is 18.0. The van der Waals surface area contributed by atoms with Gasteiger partial charge in [0.2, 0.25) is 0 Å². The highest BCUT2D eigenvalue weighted by Crippen LogP contribution is 2.36. The van der Waals surface area contributed by atoms with Crippen LogP contribution >= 0.6 is 11.3 Å². The number of nitrogens with zero attached hydrogens (tertiary/aromatic N) is 2. The van der Waals surface area contributed by atoms with Gasteiger partial charge < -0.3 is 14.8 Å². The minimum absolute atomic E-state index is 0.566. The molecule has 0 amide bonds. The second kappa shape index (κ2) is 6.55. The normalized spacial score (nSPS) is 12.9. The van der Waals surface area contributed by atoms with Crippen LogP contribution in [0.2, 0.25) is 0 Å². The van der Waals surface area contributed by atoms with Gasteiger partial charge in [0.15, 0.2) is 17.3 Å². The minimum atomic E-state index is 0.566. The topological polar surface area (TPSA) is 56.3 Å². The molecule has 0 aliphatic carbocycles. The SMILES string of the molecule is Cc1cc2c(Nc3ccc4c(c3)OCCO4)nc(-c3ccccc3)nc2s1. The van der Waals surface area contributed by atoms with E-state index in [0.29, 0.717) is 19.0 Å². The molecule has 0 atom stereocenters. The molecule has 3 heterocycles. The van der Waals surface area contributed by atoms with Gasteiger partial charge in [-0.3, -0.25) is 0 Å². The zero-order valence-electron chi connectivity index (χ0n) is 14.7. The number of fused-ring (bicyclic) bond motifs is 2. The number of aryl methyl sites for hydroxylation is 1. The quantitative estimate of drug-likeness (QED) is 0.535. The van der Waals surface area contributed by atoms with Gasteiger partial charge in [-0.2, -0.15) is 0 Å². The molecule has 2 aromatic heterocycles. The van der Waals surface area contributed by atoms with Crippen molar-refractivity contribution in [2.45, 2.75) is 6.92 Å². The van der Waals surface area contributed by atoms with E-state index >= 15 is 0 Å². The van der Waals surface area contributed by atoms with Gasteiger partial charge in [0, 0.05) is 22.2 Å². The molecule has 5 rings (SSSR count). The van der Waals surface area contributed by atoms with E-state index in [1.54, 1.807) is 11.3 Å². The summed E-state index contributed by atoms with van der Waals surface area (Å²) in [5, 5.41) is 4.46. The first-order valence-electron chi connectivity index (χ1n) is 8.76. The number of hydrogen-bond acceptors (Lipinski definition) is 6. The molecule has 4 aromatic rings. The van der Waals surface area contributed by atoms with E-state index in [9.17, 15) is 0 Å². The van der Waals surface area contributed by atoms with Gasteiger partial charge in [0.1, 0.15) is 23.9 Å². The third-order valence-corrected chi connectivity index (χ3v) is 5.30. The fraction of sp³-hybridized carbons (Fsp3) is 0.143.